The molecule has 0 saturated carbocycles. The van der Waals surface area contributed by atoms with Crippen LogP contribution >= 0.6 is 11.8 Å². The van der Waals surface area contributed by atoms with Gasteiger partial charge in [0.05, 0.1) is 36.7 Å². The van der Waals surface area contributed by atoms with Gasteiger partial charge in [-0.15, -0.1) is 0 Å². The van der Waals surface area contributed by atoms with Crippen LogP contribution in [0, 0.1) is 35.5 Å². The highest BCUT2D eigenvalue weighted by Gasteiger charge is 2.37. The molecule has 0 unspecified atom stereocenters. The summed E-state index contributed by atoms with van der Waals surface area (Å²) in [4.78, 5) is 202. The van der Waals surface area contributed by atoms with Crippen molar-refractivity contribution in [1.82, 2.24) is 31.9 Å². The van der Waals surface area contributed by atoms with E-state index in [9.17, 15) is 48.3 Å². The second-order valence-electron chi connectivity index (χ2n) is 27.1. The first-order valence-electron chi connectivity index (χ1n) is 37.3. The number of aliphatic hydroxyl groups excluding tert-OH is 1. The third kappa shape index (κ3) is 49.7. The molecule has 113 heavy (non-hydrogen) atoms. The van der Waals surface area contributed by atoms with E-state index in [1.54, 1.807) is 13.2 Å². The number of urea groups is 1. The van der Waals surface area contributed by atoms with E-state index >= 15 is 14.4 Å². The van der Waals surface area contributed by atoms with Crippen molar-refractivity contribution in [1.29, 1.82) is 0 Å². The number of nitrogens with zero attached hydrogens (tertiary/aromatic N) is 8. The summed E-state index contributed by atoms with van der Waals surface area (Å²) in [7, 11) is 0. The molecular formula is C67H128N32O13S. The van der Waals surface area contributed by atoms with Crippen molar-refractivity contribution in [2.24, 2.45) is 179 Å². The van der Waals surface area contributed by atoms with Gasteiger partial charge in [0.2, 0.25) is 35.4 Å². The molecule has 0 bridgehead atoms. The van der Waals surface area contributed by atoms with E-state index in [0.29, 0.717) is 12.8 Å². The summed E-state index contributed by atoms with van der Waals surface area (Å²) in [6.07, 6.45) is -0.312. The number of hydrogen-bond acceptors (Lipinski definition) is 22. The molecule has 11 atom stereocenters. The number of rotatable bonds is 65. The number of amides is 8. The number of thioether (sulfide) groups is 1. The summed E-state index contributed by atoms with van der Waals surface area (Å²) in [5.74, 6) is -16.9. The maximum atomic E-state index is 15.1. The number of ketones is 5. The Hall–Kier alpha value is -11.1. The summed E-state index contributed by atoms with van der Waals surface area (Å²) in [5.41, 5.74) is 100. The van der Waals surface area contributed by atoms with Crippen molar-refractivity contribution in [2.45, 2.75) is 185 Å². The van der Waals surface area contributed by atoms with E-state index in [4.69, 9.17) is 103 Å². The topological polar surface area (TPSA) is 864 Å². The quantitative estimate of drug-likeness (QED) is 0.0153. The van der Waals surface area contributed by atoms with Crippen molar-refractivity contribution in [3.63, 3.8) is 0 Å². The number of primary amides is 2. The highest BCUT2D eigenvalue weighted by atomic mass is 32.2. The molecule has 0 aromatic heterocycles. The van der Waals surface area contributed by atoms with Gasteiger partial charge in [-0.1, -0.05) is 6.92 Å². The van der Waals surface area contributed by atoms with Gasteiger partial charge in [0.1, 0.15) is 11.8 Å². The van der Waals surface area contributed by atoms with Crippen LogP contribution in [-0.4, -0.2) is 231 Å². The monoisotopic (exact) mass is 1620 g/mol. The number of aliphatic imine (C=N–C) groups is 8. The van der Waals surface area contributed by atoms with Crippen molar-refractivity contribution >= 4 is 130 Å². The summed E-state index contributed by atoms with van der Waals surface area (Å²) >= 11 is 1.23. The van der Waals surface area contributed by atoms with E-state index in [1.165, 1.54) is 11.8 Å². The minimum atomic E-state index is -1.45. The van der Waals surface area contributed by atoms with Crippen molar-refractivity contribution in [3.8, 4) is 0 Å². The fraction of sp³-hybridized carbons (Fsp3) is 0.701. The van der Waals surface area contributed by atoms with E-state index in [0.717, 1.165) is 0 Å². The predicted octanol–water partition coefficient (Wildman–Crippen LogP) is -8.36. The molecule has 0 aliphatic rings. The molecule has 0 heterocycles. The van der Waals surface area contributed by atoms with E-state index in [2.05, 4.69) is 71.8 Å². The third-order valence-corrected chi connectivity index (χ3v) is 18.3. The standard InChI is InChI=1S/C67H128N32O13S/c1-37(12-3-21-86-59(69)70)48(101)34-42(35-100)58(111)98-46(19-10-28-93-66(83)84)52(105)32-40(15-6-24-89-62(75)76)55(108)96-44(18-9-27-92-65(81)82)49(102)30-38(13-4-22-87-60(71)72)54(107)95-43(17-8-26-91-64(79)80)50(103)31-39(14-5-23-88-61(73)74)56(109)97-45(20-11-29-94-67(85)112)51(104)33-41(16-7-25-90-63(77)78)57(110)99-47(36-113-2)53(68)106/h37-47,100H,3-36H2,1-2H3,(H2,68,106)(H,95,107)(H,96,108)(H,97,109)(H,98,111)(H,99,110)(H4,69,70,86)(H4,71,72,87)(H4,73,74,88)(H4,75,76,89)(H4,77,78,90)(H4,79,80,91)(H4,81,82,92)(H4,83,84,93)(H3,85,94,112)/t37-,38-,39-,40-,41-,42-,43+,44+,45+,46+,47+/m0/s1. The van der Waals surface area contributed by atoms with Crippen LogP contribution in [-0.2, 0) is 52.7 Å². The molecule has 45 nitrogen and oxygen atoms in total. The number of Topliss-reactive ketones (excluding diaryl/α,β-unsaturated/α-hetero) is 5. The first-order valence-corrected chi connectivity index (χ1v) is 38.7. The average Bonchev–Trinajstić information content (AvgIpc) is 0.861. The molecule has 640 valence electrons. The Morgan fingerprint density at radius 3 is 0.752 bits per heavy atom. The molecule has 43 N–H and O–H groups in total. The van der Waals surface area contributed by atoms with Gasteiger partial charge in [0, 0.05) is 126 Å². The molecule has 0 rings (SSSR count). The lowest BCUT2D eigenvalue weighted by molar-refractivity contribution is -0.137. The zero-order chi connectivity index (χ0) is 85.5. The van der Waals surface area contributed by atoms with Crippen LogP contribution in [0.4, 0.5) is 4.79 Å². The molecule has 0 saturated heterocycles. The Bertz CT molecular complexity index is 3270. The fourth-order valence-corrected chi connectivity index (χ4v) is 12.2. The summed E-state index contributed by atoms with van der Waals surface area (Å²) in [6.45, 7) is 0.935. The second kappa shape index (κ2) is 58.8. The Balaban J connectivity index is 8.01. The Morgan fingerprint density at radius 1 is 0.301 bits per heavy atom. The van der Waals surface area contributed by atoms with Gasteiger partial charge in [-0.25, -0.2) is 4.79 Å². The van der Waals surface area contributed by atoms with Gasteiger partial charge < -0.3 is 140 Å². The number of nitrogens with one attached hydrogen (secondary N) is 6. The lowest BCUT2D eigenvalue weighted by atomic mass is 9.88. The van der Waals surface area contributed by atoms with Gasteiger partial charge in [0.25, 0.3) is 0 Å². The van der Waals surface area contributed by atoms with Crippen LogP contribution in [0.25, 0.3) is 0 Å². The Kier molecular flexibility index (Phi) is 53.0. The molecular weight excluding hydrogens is 1490 g/mol. The Morgan fingerprint density at radius 2 is 0.522 bits per heavy atom. The van der Waals surface area contributed by atoms with Crippen LogP contribution in [0.5, 0.6) is 0 Å². The molecule has 8 amide bonds. The number of nitrogens with two attached hydrogens (primary N) is 18. The maximum Gasteiger partial charge on any atom is 0.312 e. The normalized spacial score (nSPS) is 13.8. The summed E-state index contributed by atoms with van der Waals surface area (Å²) in [6, 6.07) is -7.61. The zero-order valence-electron chi connectivity index (χ0n) is 65.1. The van der Waals surface area contributed by atoms with Gasteiger partial charge in [0.15, 0.2) is 70.8 Å². The van der Waals surface area contributed by atoms with Crippen LogP contribution in [0.2, 0.25) is 0 Å². The molecule has 0 aromatic carbocycles. The minimum Gasteiger partial charge on any atom is -0.396 e. The highest BCUT2D eigenvalue weighted by molar-refractivity contribution is 7.98. The maximum absolute atomic E-state index is 15.1. The van der Waals surface area contributed by atoms with Crippen LogP contribution in [0.1, 0.15) is 155 Å². The van der Waals surface area contributed by atoms with Crippen LogP contribution in [0.3, 0.4) is 0 Å². The molecule has 0 radical (unpaired) electrons. The largest absolute Gasteiger partial charge is 0.396 e. The van der Waals surface area contributed by atoms with Gasteiger partial charge in [-0.3, -0.25) is 92.7 Å². The number of carbonyl (C=O) groups excluding carboxylic acids is 12. The minimum absolute atomic E-state index is 0.00731. The first kappa shape index (κ1) is 102. The molecule has 0 aliphatic heterocycles. The number of carbonyl (C=O) groups is 12. The second-order valence-corrected chi connectivity index (χ2v) is 28.0. The SMILES string of the molecule is CSC[C@@H](NC(=O)[C@@H](CCCN=C(N)N)CC(=O)[C@@H](CCCNC(N)=O)NC(=O)[C@@H](CCCN=C(N)N)CC(=O)[C@@H](CCCN=C(N)N)NC(=O)[C@@H](CCCN=C(N)N)CC(=O)[C@@H](CCCN=C(N)N)NC(=O)[C@@H](CCCN=C(N)N)CC(=O)[C@@H](CCCN=C(N)N)NC(=O)[C@H](CO)CC(=O)[C@@H](C)CCCN=C(N)N)C(N)=O. The van der Waals surface area contributed by atoms with E-state index in [1.807, 2.05) is 0 Å². The highest BCUT2D eigenvalue weighted by Crippen LogP contribution is 2.24. The molecule has 0 aliphatic carbocycles. The first-order chi connectivity index (χ1) is 53.3. The summed E-state index contributed by atoms with van der Waals surface area (Å²) < 4.78 is 0. The fourth-order valence-electron chi connectivity index (χ4n) is 11.6. The van der Waals surface area contributed by atoms with Crippen molar-refractivity contribution < 1.29 is 62.6 Å². The van der Waals surface area contributed by atoms with Crippen LogP contribution < -0.4 is 135 Å². The number of aliphatic hydroxyl groups is 1. The average molecular weight is 1620 g/mol. The van der Waals surface area contributed by atoms with Crippen molar-refractivity contribution in [2.75, 3.05) is 77.5 Å². The van der Waals surface area contributed by atoms with Gasteiger partial charge in [-0.2, -0.15) is 11.8 Å². The molecule has 0 fully saturated rings. The van der Waals surface area contributed by atoms with E-state index < -0.39 is 169 Å². The predicted molar refractivity (Wildman–Crippen MR) is 435 cm³/mol. The lowest BCUT2D eigenvalue weighted by Crippen LogP contribution is -2.50. The molecule has 46 heteroatoms. The van der Waals surface area contributed by atoms with Gasteiger partial charge >= 0.3 is 6.03 Å². The smallest absolute Gasteiger partial charge is 0.312 e. The molecule has 0 spiro atoms. The number of guanidine groups is 8. The molecule has 0 aromatic rings. The Labute approximate surface area is 662 Å². The van der Waals surface area contributed by atoms with Crippen LogP contribution in [0.15, 0.2) is 39.9 Å². The lowest BCUT2D eigenvalue weighted by Gasteiger charge is -2.27. The van der Waals surface area contributed by atoms with E-state index in [-0.39, 0.29) is 221 Å². The number of hydrogen-bond donors (Lipinski definition) is 25. The summed E-state index contributed by atoms with van der Waals surface area (Å²) in [5, 5.41) is 26.4. The van der Waals surface area contributed by atoms with Gasteiger partial charge in [-0.05, 0) is 122 Å². The van der Waals surface area contributed by atoms with Crippen molar-refractivity contribution in [3.05, 3.63) is 0 Å². The third-order valence-electron chi connectivity index (χ3n) is 17.6. The zero-order valence-corrected chi connectivity index (χ0v) is 65.9.